The normalized spacial score (nSPS) is 24.7. The van der Waals surface area contributed by atoms with Crippen molar-refractivity contribution >= 4 is 53.4 Å². The lowest BCUT2D eigenvalue weighted by Gasteiger charge is -2.24. The number of benzene rings is 4. The molecule has 2 fully saturated rings. The largest absolute Gasteiger partial charge is 0.456 e. The number of hydrogen-bond donors (Lipinski definition) is 0. The molecule has 0 amide bonds. The minimum Gasteiger partial charge on any atom is -0.456 e. The van der Waals surface area contributed by atoms with Crippen molar-refractivity contribution < 1.29 is 4.42 Å². The Kier molecular flexibility index (Phi) is 2.69. The van der Waals surface area contributed by atoms with E-state index in [0.29, 0.717) is 0 Å². The smallest absolute Gasteiger partial charge is 0.135 e. The molecular weight excluding hydrogens is 384 g/mol. The molecule has 2 aliphatic carbocycles. The first-order chi connectivity index (χ1) is 14.8. The third-order valence-electron chi connectivity index (χ3n) is 7.56. The summed E-state index contributed by atoms with van der Waals surface area (Å²) < 4.78 is 8.85. The van der Waals surface area contributed by atoms with Crippen LogP contribution in [0.25, 0.3) is 42.1 Å². The molecule has 2 heterocycles. The Morgan fingerprint density at radius 2 is 1.30 bits per heavy atom. The van der Waals surface area contributed by atoms with E-state index < -0.39 is 0 Å². The second-order valence-corrected chi connectivity index (χ2v) is 10.0. The average molecular weight is 403 g/mol. The van der Waals surface area contributed by atoms with E-state index in [1.807, 2.05) is 17.4 Å². The highest BCUT2D eigenvalue weighted by Crippen LogP contribution is 2.80. The minimum atomic E-state index is 0.198. The summed E-state index contributed by atoms with van der Waals surface area (Å²) in [6.07, 6.45) is 1.37. The number of para-hydroxylation sites is 1. The van der Waals surface area contributed by atoms with E-state index in [-0.39, 0.29) is 5.41 Å². The molecular formula is C28H18OS. The molecule has 1 nitrogen and oxygen atoms in total. The molecule has 0 spiro atoms. The van der Waals surface area contributed by atoms with E-state index in [9.17, 15) is 0 Å². The number of furan rings is 1. The summed E-state index contributed by atoms with van der Waals surface area (Å²) in [6, 6.07) is 31.3. The van der Waals surface area contributed by atoms with Crippen molar-refractivity contribution in [2.45, 2.75) is 11.8 Å². The standard InChI is InChI=1S/C28H18OS/c1-3-7-24-18(5-1)20-13-16(9-11-25(20)29-24)28(22-15-23(22)28)17-10-12-27-21(14-17)19-6-2-4-8-26(19)30-27/h1-14,22-23H,15H2. The predicted octanol–water partition coefficient (Wildman–Crippen LogP) is 7.89. The zero-order valence-corrected chi connectivity index (χ0v) is 17.1. The van der Waals surface area contributed by atoms with Crippen LogP contribution in [0.15, 0.2) is 89.3 Å². The number of thiophene rings is 1. The molecule has 0 aliphatic heterocycles. The quantitative estimate of drug-likeness (QED) is 0.287. The second kappa shape index (κ2) is 5.14. The third kappa shape index (κ3) is 1.80. The number of fused-ring (bicyclic) bond motifs is 7. The van der Waals surface area contributed by atoms with E-state index in [2.05, 4.69) is 78.9 Å². The van der Waals surface area contributed by atoms with Gasteiger partial charge in [-0.3, -0.25) is 0 Å². The minimum absolute atomic E-state index is 0.198. The van der Waals surface area contributed by atoms with E-state index in [4.69, 9.17) is 4.42 Å². The van der Waals surface area contributed by atoms with Gasteiger partial charge in [0.25, 0.3) is 0 Å². The third-order valence-corrected chi connectivity index (χ3v) is 8.71. The average Bonchev–Trinajstić information content (AvgIpc) is 3.62. The zero-order chi connectivity index (χ0) is 19.4. The van der Waals surface area contributed by atoms with Crippen molar-refractivity contribution in [2.24, 2.45) is 11.8 Å². The van der Waals surface area contributed by atoms with E-state index in [0.717, 1.165) is 23.0 Å². The highest BCUT2D eigenvalue weighted by Gasteiger charge is 2.77. The molecule has 0 N–H and O–H groups in total. The Balaban J connectivity index is 1.37. The van der Waals surface area contributed by atoms with Gasteiger partial charge < -0.3 is 4.42 Å². The van der Waals surface area contributed by atoms with Crippen molar-refractivity contribution in [3.05, 3.63) is 96.1 Å². The SMILES string of the molecule is c1ccc2c(c1)oc1ccc(C3(c4ccc5sc6ccccc6c5c4)C4CC43)cc12. The van der Waals surface area contributed by atoms with Crippen LogP contribution in [0.1, 0.15) is 17.5 Å². The zero-order valence-electron chi connectivity index (χ0n) is 16.3. The fourth-order valence-electron chi connectivity index (χ4n) is 5.93. The van der Waals surface area contributed by atoms with Crippen LogP contribution in [0, 0.1) is 11.8 Å². The Labute approximate surface area is 177 Å². The Morgan fingerprint density at radius 3 is 2.13 bits per heavy atom. The Hall–Kier alpha value is -3.10. The summed E-state index contributed by atoms with van der Waals surface area (Å²) >= 11 is 1.90. The lowest BCUT2D eigenvalue weighted by molar-refractivity contribution is 0.605. The predicted molar refractivity (Wildman–Crippen MR) is 125 cm³/mol. The van der Waals surface area contributed by atoms with Crippen LogP contribution in [-0.4, -0.2) is 0 Å². The van der Waals surface area contributed by atoms with Crippen molar-refractivity contribution in [2.75, 3.05) is 0 Å². The van der Waals surface area contributed by atoms with Crippen LogP contribution < -0.4 is 0 Å². The van der Waals surface area contributed by atoms with Crippen LogP contribution in [0.3, 0.4) is 0 Å². The first kappa shape index (κ1) is 15.7. The maximum atomic E-state index is 6.08. The van der Waals surface area contributed by atoms with Gasteiger partial charge in [0.2, 0.25) is 0 Å². The van der Waals surface area contributed by atoms with E-state index in [1.165, 1.54) is 48.5 Å². The van der Waals surface area contributed by atoms with Crippen LogP contribution in [-0.2, 0) is 5.41 Å². The number of hydrogen-bond acceptors (Lipinski definition) is 2. The highest BCUT2D eigenvalue weighted by atomic mass is 32.1. The summed E-state index contributed by atoms with van der Waals surface area (Å²) in [4.78, 5) is 0. The summed E-state index contributed by atoms with van der Waals surface area (Å²) in [5.74, 6) is 1.60. The van der Waals surface area contributed by atoms with Gasteiger partial charge in [0, 0.05) is 36.4 Å². The molecule has 2 saturated carbocycles. The first-order valence-corrected chi connectivity index (χ1v) is 11.5. The van der Waals surface area contributed by atoms with Gasteiger partial charge in [-0.1, -0.05) is 48.5 Å². The summed E-state index contributed by atoms with van der Waals surface area (Å²) in [5, 5.41) is 5.27. The molecule has 6 aromatic rings. The van der Waals surface area contributed by atoms with Gasteiger partial charge >= 0.3 is 0 Å². The fourth-order valence-corrected chi connectivity index (χ4v) is 7.02. The van der Waals surface area contributed by atoms with Gasteiger partial charge in [-0.2, -0.15) is 0 Å². The Morgan fingerprint density at radius 1 is 0.633 bits per heavy atom. The van der Waals surface area contributed by atoms with Crippen LogP contribution in [0.2, 0.25) is 0 Å². The van der Waals surface area contributed by atoms with Gasteiger partial charge in [0.05, 0.1) is 0 Å². The summed E-state index contributed by atoms with van der Waals surface area (Å²) in [6.45, 7) is 0. The molecule has 30 heavy (non-hydrogen) atoms. The molecule has 2 heteroatoms. The molecule has 2 atom stereocenters. The molecule has 2 aliphatic rings. The van der Waals surface area contributed by atoms with Gasteiger partial charge in [-0.05, 0) is 65.8 Å². The van der Waals surface area contributed by atoms with Crippen molar-refractivity contribution in [3.63, 3.8) is 0 Å². The first-order valence-electron chi connectivity index (χ1n) is 10.7. The van der Waals surface area contributed by atoms with Gasteiger partial charge in [-0.15, -0.1) is 11.3 Å². The number of rotatable bonds is 2. The molecule has 2 unspecified atom stereocenters. The van der Waals surface area contributed by atoms with Gasteiger partial charge in [0.1, 0.15) is 11.2 Å². The molecule has 142 valence electrons. The lowest BCUT2D eigenvalue weighted by Crippen LogP contribution is -2.18. The maximum absolute atomic E-state index is 6.08. The summed E-state index contributed by atoms with van der Waals surface area (Å²) in [5.41, 5.74) is 5.12. The van der Waals surface area contributed by atoms with Gasteiger partial charge in [0.15, 0.2) is 0 Å². The van der Waals surface area contributed by atoms with Crippen LogP contribution >= 0.6 is 11.3 Å². The van der Waals surface area contributed by atoms with Crippen molar-refractivity contribution in [1.29, 1.82) is 0 Å². The summed E-state index contributed by atoms with van der Waals surface area (Å²) in [7, 11) is 0. The van der Waals surface area contributed by atoms with E-state index in [1.54, 1.807) is 0 Å². The second-order valence-electron chi connectivity index (χ2n) is 8.94. The molecule has 2 aromatic heterocycles. The van der Waals surface area contributed by atoms with Gasteiger partial charge in [-0.25, -0.2) is 0 Å². The topological polar surface area (TPSA) is 13.1 Å². The Bertz CT molecular complexity index is 1530. The van der Waals surface area contributed by atoms with Crippen LogP contribution in [0.5, 0.6) is 0 Å². The van der Waals surface area contributed by atoms with Crippen LogP contribution in [0.4, 0.5) is 0 Å². The molecule has 0 radical (unpaired) electrons. The van der Waals surface area contributed by atoms with Crippen molar-refractivity contribution in [3.8, 4) is 0 Å². The monoisotopic (exact) mass is 402 g/mol. The molecule has 4 aromatic carbocycles. The molecule has 0 saturated heterocycles. The highest BCUT2D eigenvalue weighted by molar-refractivity contribution is 7.25. The van der Waals surface area contributed by atoms with E-state index >= 15 is 0 Å². The maximum Gasteiger partial charge on any atom is 0.135 e. The fraction of sp³-hybridized carbons (Fsp3) is 0.143. The lowest BCUT2D eigenvalue weighted by atomic mass is 9.79. The van der Waals surface area contributed by atoms with Crippen molar-refractivity contribution in [1.82, 2.24) is 0 Å². The molecule has 0 bridgehead atoms. The molecule has 8 rings (SSSR count).